The van der Waals surface area contributed by atoms with Gasteiger partial charge in [0.05, 0.1) is 5.92 Å². The topological polar surface area (TPSA) is 17.1 Å². The second kappa shape index (κ2) is 8.67. The number of hydrogen-bond donors (Lipinski definition) is 0. The van der Waals surface area contributed by atoms with Gasteiger partial charge in [-0.1, -0.05) is 96.1 Å². The summed E-state index contributed by atoms with van der Waals surface area (Å²) < 4.78 is 0. The molecule has 0 N–H and O–H groups in total. The highest BCUT2D eigenvalue weighted by molar-refractivity contribution is 6.26. The van der Waals surface area contributed by atoms with Crippen molar-refractivity contribution in [2.75, 3.05) is 0 Å². The minimum Gasteiger partial charge on any atom is -0.293 e. The maximum absolute atomic E-state index is 14.2. The van der Waals surface area contributed by atoms with E-state index in [1.165, 1.54) is 11.1 Å². The largest absolute Gasteiger partial charge is 0.293 e. The van der Waals surface area contributed by atoms with Crippen LogP contribution < -0.4 is 0 Å². The minimum atomic E-state index is -0.196. The van der Waals surface area contributed by atoms with E-state index in [1.54, 1.807) is 0 Å². The van der Waals surface area contributed by atoms with Gasteiger partial charge in [0.1, 0.15) is 0 Å². The van der Waals surface area contributed by atoms with Gasteiger partial charge in [0, 0.05) is 17.4 Å². The van der Waals surface area contributed by atoms with Crippen molar-refractivity contribution in [3.63, 3.8) is 0 Å². The molecule has 2 atom stereocenters. The molecule has 2 aliphatic rings. The Balaban J connectivity index is 1.69. The summed E-state index contributed by atoms with van der Waals surface area (Å²) in [4.78, 5) is 14.2. The monoisotopic (exact) mass is 401 g/mol. The van der Waals surface area contributed by atoms with Gasteiger partial charge in [-0.2, -0.15) is 0 Å². The van der Waals surface area contributed by atoms with Crippen LogP contribution in [0.2, 0.25) is 0 Å². The van der Waals surface area contributed by atoms with Gasteiger partial charge < -0.3 is 0 Å². The highest BCUT2D eigenvalue weighted by Gasteiger charge is 2.41. The first kappa shape index (κ1) is 20.0. The Bertz CT molecular complexity index is 1070. The Labute approximate surface area is 185 Å². The van der Waals surface area contributed by atoms with E-state index in [0.717, 1.165) is 34.6 Å². The number of hydrogen-bond acceptors (Lipinski definition) is 1. The molecule has 1 heteroatoms. The highest BCUT2D eigenvalue weighted by Crippen LogP contribution is 2.51. The van der Waals surface area contributed by atoms with Gasteiger partial charge in [-0.3, -0.25) is 4.79 Å². The number of carbonyl (C=O) groups is 1. The normalized spacial score (nSPS) is 22.2. The zero-order valence-corrected chi connectivity index (χ0v) is 17.7. The summed E-state index contributed by atoms with van der Waals surface area (Å²) in [6.45, 7) is 2.10. The van der Waals surface area contributed by atoms with Gasteiger partial charge in [0.25, 0.3) is 0 Å². The molecule has 0 aliphatic heterocycles. The predicted octanol–water partition coefficient (Wildman–Crippen LogP) is 6.69. The van der Waals surface area contributed by atoms with E-state index in [2.05, 4.69) is 81.1 Å². The molecule has 1 nitrogen and oxygen atoms in total. The van der Waals surface area contributed by atoms with E-state index < -0.39 is 0 Å². The van der Waals surface area contributed by atoms with Crippen LogP contribution in [0.5, 0.6) is 0 Å². The smallest absolute Gasteiger partial charge is 0.171 e. The molecule has 0 bridgehead atoms. The Kier molecular flexibility index (Phi) is 5.59. The van der Waals surface area contributed by atoms with E-state index in [4.69, 9.17) is 0 Å². The average Bonchev–Trinajstić information content (AvgIpc) is 3.35. The molecule has 0 aromatic heterocycles. The number of Topliss-reactive ketones (excluding diaryl/α,β-unsaturated/α-hetero) is 1. The summed E-state index contributed by atoms with van der Waals surface area (Å²) >= 11 is 0. The van der Waals surface area contributed by atoms with E-state index >= 15 is 0 Å². The fraction of sp³-hybridized carbons (Fsp3) is 0.133. The van der Waals surface area contributed by atoms with Gasteiger partial charge in [0.15, 0.2) is 5.78 Å². The van der Waals surface area contributed by atoms with Crippen molar-refractivity contribution in [3.8, 4) is 0 Å². The maximum atomic E-state index is 14.2. The van der Waals surface area contributed by atoms with Crippen molar-refractivity contribution >= 4 is 11.4 Å². The summed E-state index contributed by atoms with van der Waals surface area (Å²) in [5, 5.41) is 0. The van der Waals surface area contributed by atoms with Crippen molar-refractivity contribution in [1.29, 1.82) is 0 Å². The molecule has 151 valence electrons. The molecular weight excluding hydrogens is 376 g/mol. The van der Waals surface area contributed by atoms with E-state index in [9.17, 15) is 4.79 Å². The van der Waals surface area contributed by atoms with Crippen molar-refractivity contribution < 1.29 is 4.79 Å². The lowest BCUT2D eigenvalue weighted by Crippen LogP contribution is -2.29. The molecule has 3 aromatic carbocycles. The van der Waals surface area contributed by atoms with Gasteiger partial charge in [-0.05, 0) is 55.7 Å². The number of benzene rings is 3. The fourth-order valence-electron chi connectivity index (χ4n) is 4.85. The molecule has 2 aliphatic carbocycles. The van der Waals surface area contributed by atoms with Crippen LogP contribution in [0.15, 0.2) is 90.5 Å². The number of allylic oxidation sites excluding steroid dienone is 2. The SMILES string of the molecule is Cc1ccc(C2CC([C]3[CH][CH][CH][CH]3)=C(c3ccccc3)C(=O)C2c2ccccc2)cc1. The summed E-state index contributed by atoms with van der Waals surface area (Å²) in [5.41, 5.74) is 6.57. The Morgan fingerprint density at radius 3 is 1.97 bits per heavy atom. The number of aryl methyl sites for hydroxylation is 1. The van der Waals surface area contributed by atoms with E-state index in [-0.39, 0.29) is 17.6 Å². The lowest BCUT2D eigenvalue weighted by atomic mass is 9.65. The molecule has 31 heavy (non-hydrogen) atoms. The fourth-order valence-corrected chi connectivity index (χ4v) is 4.85. The van der Waals surface area contributed by atoms with Gasteiger partial charge in [-0.15, -0.1) is 0 Å². The maximum Gasteiger partial charge on any atom is 0.171 e. The third kappa shape index (κ3) is 3.90. The molecule has 0 spiro atoms. The predicted molar refractivity (Wildman–Crippen MR) is 127 cm³/mol. The van der Waals surface area contributed by atoms with Crippen LogP contribution in [0.25, 0.3) is 5.57 Å². The second-order valence-electron chi connectivity index (χ2n) is 8.37. The third-order valence-electron chi connectivity index (χ3n) is 6.39. The van der Waals surface area contributed by atoms with Crippen LogP contribution in [0, 0.1) is 38.5 Å². The zero-order valence-electron chi connectivity index (χ0n) is 17.7. The van der Waals surface area contributed by atoms with Crippen molar-refractivity contribution in [1.82, 2.24) is 0 Å². The number of carbonyl (C=O) groups excluding carboxylic acids is 1. The van der Waals surface area contributed by atoms with Crippen LogP contribution in [0.3, 0.4) is 0 Å². The quantitative estimate of drug-likeness (QED) is 0.476. The molecular formula is C30H25O. The molecule has 1 saturated carbocycles. The molecule has 5 rings (SSSR count). The molecule has 0 amide bonds. The van der Waals surface area contributed by atoms with Crippen LogP contribution in [0.1, 0.15) is 40.5 Å². The summed E-state index contributed by atoms with van der Waals surface area (Å²) in [5.74, 6) is 1.27. The Morgan fingerprint density at radius 2 is 1.32 bits per heavy atom. The van der Waals surface area contributed by atoms with Crippen molar-refractivity contribution in [3.05, 3.63) is 144 Å². The summed E-state index contributed by atoms with van der Waals surface area (Å²) in [7, 11) is 0. The van der Waals surface area contributed by atoms with Crippen molar-refractivity contribution in [2.24, 2.45) is 0 Å². The highest BCUT2D eigenvalue weighted by atomic mass is 16.1. The number of rotatable bonds is 4. The first-order valence-electron chi connectivity index (χ1n) is 10.9. The first-order chi connectivity index (χ1) is 15.2. The molecule has 1 fully saturated rings. The standard InChI is InChI=1S/C30H25O/c1-21-16-18-23(19-17-21)27-20-26(22-10-8-9-11-22)28(24-12-4-2-5-13-24)30(31)29(27)25-14-6-3-7-15-25/h2-19,27,29H,20H2,1H3. The van der Waals surface area contributed by atoms with Crippen LogP contribution >= 0.6 is 0 Å². The number of ketones is 1. The lowest BCUT2D eigenvalue weighted by molar-refractivity contribution is -0.116. The summed E-state index contributed by atoms with van der Waals surface area (Å²) in [6.07, 6.45) is 9.20. The Morgan fingerprint density at radius 1 is 0.710 bits per heavy atom. The third-order valence-corrected chi connectivity index (χ3v) is 6.39. The van der Waals surface area contributed by atoms with Gasteiger partial charge in [0.2, 0.25) is 0 Å². The van der Waals surface area contributed by atoms with Crippen molar-refractivity contribution in [2.45, 2.75) is 25.2 Å². The molecule has 5 radical (unpaired) electrons. The van der Waals surface area contributed by atoms with Gasteiger partial charge in [-0.25, -0.2) is 0 Å². The van der Waals surface area contributed by atoms with E-state index in [1.807, 2.05) is 36.4 Å². The zero-order chi connectivity index (χ0) is 21.2. The molecule has 0 saturated heterocycles. The van der Waals surface area contributed by atoms with Crippen LogP contribution in [-0.2, 0) is 4.79 Å². The molecule has 2 unspecified atom stereocenters. The van der Waals surface area contributed by atoms with Gasteiger partial charge >= 0.3 is 0 Å². The lowest BCUT2D eigenvalue weighted by Gasteiger charge is -2.36. The minimum absolute atomic E-state index is 0.105. The first-order valence-corrected chi connectivity index (χ1v) is 10.9. The molecule has 0 heterocycles. The Hall–Kier alpha value is -2.93. The molecule has 3 aromatic rings. The van der Waals surface area contributed by atoms with Crippen LogP contribution in [-0.4, -0.2) is 5.78 Å². The van der Waals surface area contributed by atoms with E-state index in [0.29, 0.717) is 0 Å². The second-order valence-corrected chi connectivity index (χ2v) is 8.37. The average molecular weight is 402 g/mol. The summed E-state index contributed by atoms with van der Waals surface area (Å²) in [6, 6.07) is 29.1. The van der Waals surface area contributed by atoms with Crippen LogP contribution in [0.4, 0.5) is 0 Å².